The quantitative estimate of drug-likeness (QED) is 0.00768. The Morgan fingerprint density at radius 1 is 0.761 bits per heavy atom. The molecule has 1 aliphatic heterocycles. The van der Waals surface area contributed by atoms with Crippen LogP contribution in [0.5, 0.6) is 5.75 Å². The zero-order chi connectivity index (χ0) is 63.9. The average Bonchev–Trinajstić information content (AvgIpc) is 0.833. The smallest absolute Gasteiger partial charge is 0.407 e. The van der Waals surface area contributed by atoms with E-state index in [1.807, 2.05) is 87.5 Å². The van der Waals surface area contributed by atoms with Crippen LogP contribution in [-0.4, -0.2) is 86.2 Å². The fraction of sp³-hybridized carbons (Fsp3) is 0.414. The number of nitrogens with two attached hydrogens (primary N) is 1. The molecule has 7 rings (SSSR count). The minimum absolute atomic E-state index is 0.00501. The molecule has 0 spiro atoms. The van der Waals surface area contributed by atoms with Crippen LogP contribution in [0, 0.1) is 32.6 Å². The third kappa shape index (κ3) is 18.3. The third-order valence-corrected chi connectivity index (χ3v) is 17.5. The lowest BCUT2D eigenvalue weighted by atomic mass is 9.88. The van der Waals surface area contributed by atoms with E-state index in [-0.39, 0.29) is 74.9 Å². The van der Waals surface area contributed by atoms with Gasteiger partial charge in [-0.2, -0.15) is 0 Å². The molecule has 1 heterocycles. The van der Waals surface area contributed by atoms with Crippen molar-refractivity contribution in [2.75, 3.05) is 13.1 Å². The van der Waals surface area contributed by atoms with E-state index in [0.717, 1.165) is 49.4 Å². The van der Waals surface area contributed by atoms with E-state index in [1.54, 1.807) is 46.8 Å². The highest BCUT2D eigenvalue weighted by molar-refractivity contribution is 7.90. The number of nitrogens with one attached hydrogen (secondary N) is 4. The van der Waals surface area contributed by atoms with Gasteiger partial charge in [0.15, 0.2) is 5.78 Å². The number of aliphatic imine (C=N–C) groups is 1. The number of carbonyl (C=O) groups excluding carboxylic acids is 6. The topological polar surface area (TPSA) is 251 Å². The van der Waals surface area contributed by atoms with Gasteiger partial charge in [0.1, 0.15) is 35.4 Å². The molecule has 0 radical (unpaired) electrons. The van der Waals surface area contributed by atoms with Gasteiger partial charge in [-0.15, -0.1) is 6.58 Å². The molecule has 0 unspecified atom stereocenters. The Labute approximate surface area is 518 Å². The van der Waals surface area contributed by atoms with Crippen LogP contribution in [0.15, 0.2) is 132 Å². The minimum Gasteiger partial charge on any atom is -0.487 e. The zero-order valence-corrected chi connectivity index (χ0v) is 53.1. The van der Waals surface area contributed by atoms with Gasteiger partial charge >= 0.3 is 12.1 Å². The van der Waals surface area contributed by atoms with Crippen LogP contribution in [0.3, 0.4) is 0 Å². The lowest BCUT2D eigenvalue weighted by molar-refractivity contribution is -0.149. The van der Waals surface area contributed by atoms with E-state index in [4.69, 9.17) is 19.9 Å². The number of sulfonamides is 1. The van der Waals surface area contributed by atoms with Gasteiger partial charge in [0.05, 0.1) is 10.9 Å². The summed E-state index contributed by atoms with van der Waals surface area (Å²) in [7, 11) is -4.24. The molecule has 0 bridgehead atoms. The van der Waals surface area contributed by atoms with Crippen molar-refractivity contribution in [3.8, 4) is 16.9 Å². The van der Waals surface area contributed by atoms with Crippen molar-refractivity contribution in [2.24, 2.45) is 22.6 Å². The van der Waals surface area contributed by atoms with Crippen LogP contribution in [0.1, 0.15) is 133 Å². The van der Waals surface area contributed by atoms with E-state index in [1.165, 1.54) is 13.0 Å². The Balaban J connectivity index is 1.12. The van der Waals surface area contributed by atoms with Gasteiger partial charge < -0.3 is 40.7 Å². The summed E-state index contributed by atoms with van der Waals surface area (Å²) >= 11 is 0. The maximum atomic E-state index is 14.9. The molecule has 17 nitrogen and oxygen atoms in total. The first kappa shape index (κ1) is 67.1. The number of Topliss-reactive ketones (excluding diaryl/α,β-unsaturated/α-hetero) is 2. The van der Waals surface area contributed by atoms with Gasteiger partial charge in [0, 0.05) is 37.8 Å². The zero-order valence-electron chi connectivity index (χ0n) is 52.3. The number of guanidine groups is 1. The standard InChI is InChI=1S/C70H86N6O11S/c1-11-22-59(66(81)85-43-49-23-13-12-14-24-49)75-64(79)53(27-21-38-72-67(71)76-88(83,84)63-46(4)45(3)62-55(47(63)5)35-36-70(9,10)86-62)42-60(78)58(30-19-20-37-73-68(82)87-69(6,7)8)74-65(80)54(39-44(2)77)40-48-31-33-50(34-32-48)61-56-28-17-15-25-51(56)41-52-26-16-18-29-57(52)61/h11-18,23-26,28-29,31-34,41,53-54,58-59H,1,19-22,27,30,35-40,42-43H2,2-10H3,(H,73,82)(H,74,80)(H,75,79)(H3,71,72,76)/t53-,54-,58+,59-/m0/s1. The number of unbranched alkanes of at least 4 members (excludes halogenated alkanes) is 1. The van der Waals surface area contributed by atoms with Crippen LogP contribution >= 0.6 is 0 Å². The molecule has 1 aliphatic rings. The summed E-state index contributed by atoms with van der Waals surface area (Å²) in [6.45, 7) is 19.8. The highest BCUT2D eigenvalue weighted by atomic mass is 32.2. The van der Waals surface area contributed by atoms with Gasteiger partial charge in [-0.25, -0.2) is 22.7 Å². The molecular weight excluding hydrogens is 1130 g/mol. The predicted octanol–water partition coefficient (Wildman–Crippen LogP) is 11.5. The molecular formula is C70H86N6O11S. The summed E-state index contributed by atoms with van der Waals surface area (Å²) in [4.78, 5) is 87.7. The lowest BCUT2D eigenvalue weighted by Gasteiger charge is -2.35. The first-order valence-corrected chi connectivity index (χ1v) is 31.8. The maximum absolute atomic E-state index is 14.9. The molecule has 6 aromatic carbocycles. The molecule has 3 amide bonds. The molecule has 0 saturated carbocycles. The Morgan fingerprint density at radius 2 is 1.39 bits per heavy atom. The van der Waals surface area contributed by atoms with Crippen LogP contribution in [0.4, 0.5) is 4.79 Å². The van der Waals surface area contributed by atoms with Crippen molar-refractivity contribution in [1.29, 1.82) is 0 Å². The Morgan fingerprint density at radius 3 is 2.02 bits per heavy atom. The Kier molecular flexibility index (Phi) is 22.9. The molecule has 0 saturated heterocycles. The molecule has 0 fully saturated rings. The van der Waals surface area contributed by atoms with Crippen molar-refractivity contribution < 1.29 is 51.4 Å². The first-order valence-electron chi connectivity index (χ1n) is 30.3. The minimum atomic E-state index is -4.24. The predicted molar refractivity (Wildman–Crippen MR) is 345 cm³/mol. The summed E-state index contributed by atoms with van der Waals surface area (Å²) < 4.78 is 47.9. The normalized spacial score (nSPS) is 14.5. The van der Waals surface area contributed by atoms with Crippen LogP contribution in [0.2, 0.25) is 0 Å². The van der Waals surface area contributed by atoms with Crippen molar-refractivity contribution >= 4 is 73.0 Å². The summed E-state index contributed by atoms with van der Waals surface area (Å²) in [5, 5.41) is 12.9. The summed E-state index contributed by atoms with van der Waals surface area (Å²) in [6.07, 6.45) is 2.85. The number of ether oxygens (including phenoxy) is 3. The number of nitrogens with zero attached hydrogens (tertiary/aromatic N) is 1. The van der Waals surface area contributed by atoms with Crippen molar-refractivity contribution in [3.63, 3.8) is 0 Å². The van der Waals surface area contributed by atoms with E-state index >= 15 is 0 Å². The molecule has 0 aromatic heterocycles. The Bertz CT molecular complexity index is 3610. The van der Waals surface area contributed by atoms with E-state index in [2.05, 4.69) is 62.6 Å². The van der Waals surface area contributed by atoms with Crippen molar-refractivity contribution in [2.45, 2.75) is 168 Å². The number of benzene rings is 6. The molecule has 6 N–H and O–H groups in total. The monoisotopic (exact) mass is 1220 g/mol. The largest absolute Gasteiger partial charge is 0.487 e. The highest BCUT2D eigenvalue weighted by Gasteiger charge is 2.35. The van der Waals surface area contributed by atoms with E-state index < -0.39 is 81.2 Å². The number of rotatable bonds is 28. The van der Waals surface area contributed by atoms with Gasteiger partial charge in [0.2, 0.25) is 17.8 Å². The number of hydrogen-bond acceptors (Lipinski definition) is 12. The Hall–Kier alpha value is -8.38. The number of fused-ring (bicyclic) bond motifs is 3. The van der Waals surface area contributed by atoms with Crippen LogP contribution < -0.4 is 31.1 Å². The molecule has 4 atom stereocenters. The van der Waals surface area contributed by atoms with Gasteiger partial charge in [-0.3, -0.25) is 19.4 Å². The SMILES string of the molecule is C=CC[C@H](NC(=O)[C@@H](CCCN=C(N)NS(=O)(=O)c1c(C)c(C)c2c(c1C)CCC(C)(C)O2)CC(=O)[C@@H](CCCCNC(=O)OC(C)(C)C)NC(=O)[C@@H](CC(C)=O)Cc1ccc(-c2c3ccccc3cc3ccccc23)cc1)C(=O)OCc1ccccc1. The van der Waals surface area contributed by atoms with Gasteiger partial charge in [-0.05, 0) is 192 Å². The molecule has 88 heavy (non-hydrogen) atoms. The van der Waals surface area contributed by atoms with E-state index in [9.17, 15) is 37.2 Å². The first-order chi connectivity index (χ1) is 41.7. The summed E-state index contributed by atoms with van der Waals surface area (Å²) in [5.41, 5.74) is 11.4. The summed E-state index contributed by atoms with van der Waals surface area (Å²) in [5.74, 6) is -4.30. The number of ketones is 2. The molecule has 468 valence electrons. The number of carbonyl (C=O) groups is 6. The lowest BCUT2D eigenvalue weighted by Crippen LogP contribution is -2.47. The van der Waals surface area contributed by atoms with Crippen LogP contribution in [0.25, 0.3) is 32.7 Å². The number of hydrogen-bond donors (Lipinski definition) is 5. The fourth-order valence-corrected chi connectivity index (χ4v) is 12.8. The van der Waals surface area contributed by atoms with Crippen LogP contribution in [-0.2, 0) is 62.9 Å². The average molecular weight is 1220 g/mol. The molecule has 0 aliphatic carbocycles. The van der Waals surface area contributed by atoms with E-state index in [0.29, 0.717) is 48.1 Å². The molecule has 6 aromatic rings. The van der Waals surface area contributed by atoms with Gasteiger partial charge in [-0.1, -0.05) is 109 Å². The second-order valence-electron chi connectivity index (χ2n) is 24.6. The van der Waals surface area contributed by atoms with Gasteiger partial charge in [0.25, 0.3) is 10.0 Å². The fourth-order valence-electron chi connectivity index (χ4n) is 11.3. The molecule has 18 heteroatoms. The highest BCUT2D eigenvalue weighted by Crippen LogP contribution is 2.42. The van der Waals surface area contributed by atoms with Crippen molar-refractivity contribution in [1.82, 2.24) is 20.7 Å². The van der Waals surface area contributed by atoms with Crippen molar-refractivity contribution in [3.05, 3.63) is 155 Å². The number of amides is 3. The summed E-state index contributed by atoms with van der Waals surface area (Å²) in [6, 6.07) is 33.3. The third-order valence-electron chi connectivity index (χ3n) is 15.9. The second kappa shape index (κ2) is 30.0. The maximum Gasteiger partial charge on any atom is 0.407 e. The second-order valence-corrected chi connectivity index (χ2v) is 26.2. The number of alkyl carbamates (subject to hydrolysis) is 1. The number of esters is 1.